The Kier molecular flexibility index (Phi) is 18.6. The van der Waals surface area contributed by atoms with Crippen LogP contribution in [0.3, 0.4) is 0 Å². The first-order valence-electron chi connectivity index (χ1n) is 20.0. The van der Waals surface area contributed by atoms with Crippen LogP contribution in [0.1, 0.15) is 32.2 Å². The van der Waals surface area contributed by atoms with Gasteiger partial charge in [0.25, 0.3) is 12.2 Å². The quantitative estimate of drug-likeness (QED) is 0.0941. The second-order valence-corrected chi connectivity index (χ2v) is 16.1. The van der Waals surface area contributed by atoms with Crippen LogP contribution in [0.15, 0.2) is 81.8 Å². The Morgan fingerprint density at radius 2 is 0.897 bits per heavy atom. The Morgan fingerprint density at radius 1 is 0.559 bits per heavy atom. The van der Waals surface area contributed by atoms with Crippen LogP contribution in [0.2, 0.25) is 0 Å². The van der Waals surface area contributed by atoms with E-state index < -0.39 is 54.0 Å². The van der Waals surface area contributed by atoms with Gasteiger partial charge in [-0.25, -0.2) is 14.4 Å². The van der Waals surface area contributed by atoms with Crippen LogP contribution in [-0.2, 0) is 27.3 Å². The summed E-state index contributed by atoms with van der Waals surface area (Å²) in [6.45, 7) is 9.95. The van der Waals surface area contributed by atoms with Crippen LogP contribution in [0.4, 0.5) is 67.1 Å². The summed E-state index contributed by atoms with van der Waals surface area (Å²) in [4.78, 5) is 40.3. The van der Waals surface area contributed by atoms with Gasteiger partial charge in [0.1, 0.15) is 5.60 Å². The lowest BCUT2D eigenvalue weighted by molar-refractivity contribution is -0.308. The van der Waals surface area contributed by atoms with Crippen molar-refractivity contribution in [2.75, 3.05) is 52.4 Å². The summed E-state index contributed by atoms with van der Waals surface area (Å²) in [6, 6.07) is 22.9. The fourth-order valence-electron chi connectivity index (χ4n) is 6.12. The first kappa shape index (κ1) is 54.8. The molecule has 2 aliphatic heterocycles. The molecule has 0 N–H and O–H groups in total. The number of hydrogen-bond donors (Lipinski definition) is 0. The number of nitrogens with zero attached hydrogens (tertiary/aromatic N) is 6. The van der Waals surface area contributed by atoms with Crippen molar-refractivity contribution in [1.29, 1.82) is 0 Å². The Balaban J connectivity index is 0.000000240. The Bertz CT molecular complexity index is 2170. The maximum absolute atomic E-state index is 12.5. The van der Waals surface area contributed by atoms with E-state index in [1.807, 2.05) is 92.4 Å². The van der Waals surface area contributed by atoms with E-state index >= 15 is 0 Å². The molecule has 2 fully saturated rings. The molecule has 0 atom stereocenters. The molecule has 2 amide bonds. The van der Waals surface area contributed by atoms with Crippen LogP contribution >= 0.6 is 11.6 Å². The lowest BCUT2D eigenvalue weighted by Gasteiger charge is -2.35. The number of hydrogen-bond acceptors (Lipinski definition) is 12. The van der Waals surface area contributed by atoms with Crippen LogP contribution in [-0.4, -0.2) is 142 Å². The molecular weight excluding hydrogens is 968 g/mol. The van der Waals surface area contributed by atoms with E-state index in [9.17, 15) is 67.1 Å². The van der Waals surface area contributed by atoms with Crippen LogP contribution in [0.25, 0.3) is 22.6 Å². The SMILES string of the molecule is CC(C)(C)OC(=O)N1CCN(Cc2cc(-c3ccccc3)on2)CC1.O=C(Cl)OC(C(F)(F)F)C(F)(F)F.O=C(OC(C(F)(F)F)C(F)(F)F)N1CCN(Cc2cc(-c3ccccc3)on2)CC1. The van der Waals surface area contributed by atoms with Gasteiger partial charge in [-0.1, -0.05) is 71.0 Å². The summed E-state index contributed by atoms with van der Waals surface area (Å²) in [6.07, 6.45) is -33.1. The zero-order valence-corrected chi connectivity index (χ0v) is 36.8. The molecule has 14 nitrogen and oxygen atoms in total. The van der Waals surface area contributed by atoms with Crippen molar-refractivity contribution in [3.05, 3.63) is 84.2 Å². The number of amides is 2. The second kappa shape index (κ2) is 23.0. The predicted molar refractivity (Wildman–Crippen MR) is 214 cm³/mol. The minimum atomic E-state index is -5.74. The highest BCUT2D eigenvalue weighted by molar-refractivity contribution is 6.61. The van der Waals surface area contributed by atoms with Gasteiger partial charge >= 0.3 is 42.3 Å². The molecule has 4 aromatic rings. The Hall–Kier alpha value is -5.76. The lowest BCUT2D eigenvalue weighted by atomic mass is 10.1. The summed E-state index contributed by atoms with van der Waals surface area (Å²) in [7, 11) is 0. The maximum atomic E-state index is 12.5. The first-order chi connectivity index (χ1) is 31.5. The molecule has 2 aromatic heterocycles. The molecule has 6 rings (SSSR count). The third kappa shape index (κ3) is 17.7. The summed E-state index contributed by atoms with van der Waals surface area (Å²) < 4.78 is 167. The highest BCUT2D eigenvalue weighted by Gasteiger charge is 2.61. The lowest BCUT2D eigenvalue weighted by Crippen LogP contribution is -2.52. The topological polar surface area (TPSA) is 144 Å². The Labute approximate surface area is 384 Å². The maximum Gasteiger partial charge on any atom is 0.434 e. The molecule has 27 heteroatoms. The Morgan fingerprint density at radius 3 is 1.21 bits per heavy atom. The average Bonchev–Trinajstić information content (AvgIpc) is 3.91. The molecule has 0 bridgehead atoms. The number of rotatable bonds is 8. The number of aromatic nitrogens is 2. The average molecular weight is 1010 g/mol. The highest BCUT2D eigenvalue weighted by Crippen LogP contribution is 2.37. The molecule has 0 radical (unpaired) electrons. The van der Waals surface area contributed by atoms with Gasteiger partial charge in [-0.05, 0) is 20.8 Å². The van der Waals surface area contributed by atoms with E-state index in [-0.39, 0.29) is 32.3 Å². The summed E-state index contributed by atoms with van der Waals surface area (Å²) in [5, 5.41) is 8.13. The smallest absolute Gasteiger partial charge is 0.434 e. The number of carbonyl (C=O) groups excluding carboxylic acids is 3. The molecule has 0 spiro atoms. The third-order valence-electron chi connectivity index (χ3n) is 9.28. The minimum absolute atomic E-state index is 0.0787. The molecule has 0 saturated carbocycles. The summed E-state index contributed by atoms with van der Waals surface area (Å²) in [5.74, 6) is 1.35. The molecule has 68 heavy (non-hydrogen) atoms. The molecule has 0 aliphatic carbocycles. The number of piperazine rings is 2. The van der Waals surface area contributed by atoms with Crippen molar-refractivity contribution >= 4 is 29.2 Å². The van der Waals surface area contributed by atoms with Crippen molar-refractivity contribution in [3.8, 4) is 22.6 Å². The summed E-state index contributed by atoms with van der Waals surface area (Å²) in [5.41, 5.74) is 0.759. The molecule has 2 saturated heterocycles. The minimum Gasteiger partial charge on any atom is -0.444 e. The van der Waals surface area contributed by atoms with Gasteiger partial charge in [0.2, 0.25) is 0 Å². The molecular formula is C41H43ClF12N6O8. The van der Waals surface area contributed by atoms with Crippen molar-refractivity contribution in [1.82, 2.24) is 29.9 Å². The van der Waals surface area contributed by atoms with Crippen LogP contribution in [0.5, 0.6) is 0 Å². The fourth-order valence-corrected chi connectivity index (χ4v) is 6.21. The van der Waals surface area contributed by atoms with E-state index in [0.29, 0.717) is 31.1 Å². The van der Waals surface area contributed by atoms with Crippen LogP contribution in [0, 0.1) is 0 Å². The summed E-state index contributed by atoms with van der Waals surface area (Å²) >= 11 is 4.22. The number of alkyl halides is 12. The van der Waals surface area contributed by atoms with Gasteiger partial charge in [0, 0.05) is 100 Å². The van der Waals surface area contributed by atoms with Crippen molar-refractivity contribution in [2.45, 2.75) is 76.4 Å². The fraction of sp³-hybridized carbons (Fsp3) is 0.488. The van der Waals surface area contributed by atoms with Crippen molar-refractivity contribution in [2.24, 2.45) is 0 Å². The molecule has 2 aliphatic rings. The number of benzene rings is 2. The van der Waals surface area contributed by atoms with E-state index in [1.54, 1.807) is 11.0 Å². The largest absolute Gasteiger partial charge is 0.444 e. The van der Waals surface area contributed by atoms with E-state index in [4.69, 9.17) is 13.8 Å². The first-order valence-corrected chi connectivity index (χ1v) is 20.4. The van der Waals surface area contributed by atoms with E-state index in [1.165, 1.54) is 0 Å². The highest BCUT2D eigenvalue weighted by atomic mass is 35.5. The van der Waals surface area contributed by atoms with E-state index in [2.05, 4.69) is 36.3 Å². The van der Waals surface area contributed by atoms with Crippen molar-refractivity contribution < 1.29 is 90.3 Å². The molecule has 0 unspecified atom stereocenters. The van der Waals surface area contributed by atoms with Crippen molar-refractivity contribution in [3.63, 3.8) is 0 Å². The zero-order valence-electron chi connectivity index (χ0n) is 36.0. The predicted octanol–water partition coefficient (Wildman–Crippen LogP) is 10.3. The van der Waals surface area contributed by atoms with Gasteiger partial charge in [0.05, 0.1) is 11.4 Å². The third-order valence-corrected chi connectivity index (χ3v) is 9.37. The molecule has 2 aromatic carbocycles. The number of halogens is 13. The monoisotopic (exact) mass is 1010 g/mol. The van der Waals surface area contributed by atoms with Gasteiger partial charge in [-0.2, -0.15) is 52.7 Å². The second-order valence-electron chi connectivity index (χ2n) is 15.8. The van der Waals surface area contributed by atoms with Gasteiger partial charge in [-0.15, -0.1) is 0 Å². The number of carbonyl (C=O) groups is 3. The molecule has 376 valence electrons. The normalized spacial score (nSPS) is 15.6. The van der Waals surface area contributed by atoms with Gasteiger partial charge in [0.15, 0.2) is 11.5 Å². The van der Waals surface area contributed by atoms with E-state index in [0.717, 1.165) is 47.1 Å². The van der Waals surface area contributed by atoms with Gasteiger partial charge < -0.3 is 33.1 Å². The van der Waals surface area contributed by atoms with Crippen LogP contribution < -0.4 is 0 Å². The number of ether oxygens (including phenoxy) is 3. The van der Waals surface area contributed by atoms with Gasteiger partial charge in [-0.3, -0.25) is 9.80 Å². The zero-order chi connectivity index (χ0) is 50.7. The molecule has 4 heterocycles. The standard InChI is InChI=1S/C19H25N3O3.C18H17F6N3O3.C4HClF6O2/c1-19(2,3)24-18(23)22-11-9-21(10-12-22)14-16-13-17(25-20-16)15-7-5-4-6-8-15;19-17(20,21)15(18(22,23)24)29-16(28)27-8-6-26(7-9-27)11-13-10-14(30-25-13)12-4-2-1-3-5-12;5-2(12)13-1(3(6,7)8)4(9,10)11/h4-8,13H,9-12,14H2,1-3H3;1-5,10,15H,6-9,11H2;1H.